The molecule has 0 spiro atoms. The Bertz CT molecular complexity index is 491. The van der Waals surface area contributed by atoms with Crippen LogP contribution in [0.2, 0.25) is 0 Å². The minimum Gasteiger partial charge on any atom is -0.361 e. The third-order valence-corrected chi connectivity index (χ3v) is 3.35. The normalized spacial score (nSPS) is 13.3. The van der Waals surface area contributed by atoms with Crippen LogP contribution in [0.3, 0.4) is 0 Å². The van der Waals surface area contributed by atoms with E-state index in [4.69, 9.17) is 0 Å². The summed E-state index contributed by atoms with van der Waals surface area (Å²) < 4.78 is 0. The van der Waals surface area contributed by atoms with Gasteiger partial charge in [-0.05, 0) is 34.1 Å². The lowest BCUT2D eigenvalue weighted by atomic mass is 9.83. The van der Waals surface area contributed by atoms with Crippen LogP contribution >= 0.6 is 0 Å². The van der Waals surface area contributed by atoms with Gasteiger partial charge >= 0.3 is 0 Å². The summed E-state index contributed by atoms with van der Waals surface area (Å²) in [4.78, 5) is 3.42. The molecular weight excluding hydrogens is 206 g/mol. The van der Waals surface area contributed by atoms with Gasteiger partial charge in [0.25, 0.3) is 0 Å². The molecule has 0 unspecified atom stereocenters. The molecule has 0 aromatic rings. The number of hydrogen-bond donors (Lipinski definition) is 1. The largest absolute Gasteiger partial charge is 0.361 e. The smallest absolute Gasteiger partial charge is 0.0456 e. The number of nitrogens with one attached hydrogen (secondary N) is 1. The summed E-state index contributed by atoms with van der Waals surface area (Å²) in [5.41, 5.74) is 5.79. The van der Waals surface area contributed by atoms with Gasteiger partial charge in [0.05, 0.1) is 0 Å². The predicted octanol–water partition coefficient (Wildman–Crippen LogP) is 4.71. The van der Waals surface area contributed by atoms with Gasteiger partial charge < -0.3 is 4.98 Å². The zero-order chi connectivity index (χ0) is 12.8. The fourth-order valence-corrected chi connectivity index (χ4v) is 2.21. The van der Waals surface area contributed by atoms with E-state index in [0.29, 0.717) is 0 Å². The molecule has 0 radical (unpaired) electrons. The molecule has 0 saturated carbocycles. The molecule has 1 nitrogen and oxygen atoms in total. The molecule has 0 amide bonds. The van der Waals surface area contributed by atoms with Crippen LogP contribution in [0.1, 0.15) is 52.7 Å². The first-order valence-corrected chi connectivity index (χ1v) is 6.32. The molecule has 0 aromatic heterocycles. The van der Waals surface area contributed by atoms with Crippen molar-refractivity contribution in [3.05, 3.63) is 35.5 Å². The van der Waals surface area contributed by atoms with Crippen molar-refractivity contribution in [1.82, 2.24) is 4.98 Å². The number of fused-ring (bicyclic) bond motifs is 1. The molecule has 1 aliphatic heterocycles. The van der Waals surface area contributed by atoms with Crippen molar-refractivity contribution in [2.75, 3.05) is 0 Å². The minimum atomic E-state index is 0.192. The number of pyridine rings is 1. The monoisotopic (exact) mass is 229 g/mol. The molecule has 0 atom stereocenters. The lowest BCUT2D eigenvalue weighted by Crippen LogP contribution is -2.14. The number of H-pyrrole nitrogens is 1. The molecule has 1 heterocycles. The summed E-state index contributed by atoms with van der Waals surface area (Å²) in [6.07, 6.45) is 2.13. The van der Waals surface area contributed by atoms with Gasteiger partial charge in [-0.25, -0.2) is 0 Å². The molecule has 0 bridgehead atoms. The maximum absolute atomic E-state index is 3.42. The molecule has 2 rings (SSSR count). The molecule has 0 aromatic carbocycles. The molecule has 1 aliphatic carbocycles. The van der Waals surface area contributed by atoms with E-state index in [0.717, 1.165) is 0 Å². The van der Waals surface area contributed by atoms with E-state index in [-0.39, 0.29) is 10.8 Å². The molecule has 92 valence electrons. The number of aromatic nitrogens is 1. The lowest BCUT2D eigenvalue weighted by Gasteiger charge is -2.23. The summed E-state index contributed by atoms with van der Waals surface area (Å²) in [5, 5.41) is 0. The zero-order valence-corrected chi connectivity index (χ0v) is 11.8. The topological polar surface area (TPSA) is 15.8 Å². The Balaban J connectivity index is 2.62. The van der Waals surface area contributed by atoms with Crippen LogP contribution in [0.25, 0.3) is 11.3 Å². The summed E-state index contributed by atoms with van der Waals surface area (Å²) >= 11 is 0. The standard InChI is InChI=1S/C16H23N/c1-15(2,3)11-9-12-13(16(4,5)6)7-8-14(12)17-10-11/h7-10,17H,1-6H3. The van der Waals surface area contributed by atoms with Crippen molar-refractivity contribution in [2.24, 2.45) is 0 Å². The van der Waals surface area contributed by atoms with Gasteiger partial charge in [-0.15, -0.1) is 0 Å². The highest BCUT2D eigenvalue weighted by Crippen LogP contribution is 2.37. The van der Waals surface area contributed by atoms with Crippen LogP contribution in [0, 0.1) is 0 Å². The molecule has 2 aliphatic rings. The van der Waals surface area contributed by atoms with Crippen LogP contribution in [0.15, 0.2) is 24.4 Å². The fraction of sp³-hybridized carbons (Fsp3) is 0.500. The van der Waals surface area contributed by atoms with Crippen molar-refractivity contribution in [1.29, 1.82) is 0 Å². The van der Waals surface area contributed by atoms with E-state index in [1.807, 2.05) is 0 Å². The van der Waals surface area contributed by atoms with E-state index in [1.54, 1.807) is 0 Å². The molecule has 0 fully saturated rings. The van der Waals surface area contributed by atoms with Gasteiger partial charge in [0.1, 0.15) is 0 Å². The van der Waals surface area contributed by atoms with Crippen LogP contribution in [0.5, 0.6) is 0 Å². The average molecular weight is 229 g/mol. The van der Waals surface area contributed by atoms with Crippen LogP contribution in [-0.4, -0.2) is 4.98 Å². The molecule has 17 heavy (non-hydrogen) atoms. The second kappa shape index (κ2) is 3.63. The van der Waals surface area contributed by atoms with Crippen molar-refractivity contribution < 1.29 is 0 Å². The van der Waals surface area contributed by atoms with Gasteiger partial charge in [-0.1, -0.05) is 47.6 Å². The summed E-state index contributed by atoms with van der Waals surface area (Å²) in [6.45, 7) is 13.6. The average Bonchev–Trinajstić information content (AvgIpc) is 2.57. The maximum atomic E-state index is 3.42. The first-order valence-electron chi connectivity index (χ1n) is 6.32. The molecule has 1 N–H and O–H groups in total. The third-order valence-electron chi connectivity index (χ3n) is 3.35. The van der Waals surface area contributed by atoms with Gasteiger partial charge in [0.15, 0.2) is 0 Å². The lowest BCUT2D eigenvalue weighted by molar-refractivity contribution is 0.583. The van der Waals surface area contributed by atoms with Crippen molar-refractivity contribution in [3.63, 3.8) is 0 Å². The highest BCUT2D eigenvalue weighted by atomic mass is 14.7. The van der Waals surface area contributed by atoms with Crippen molar-refractivity contribution in [3.8, 4) is 11.3 Å². The van der Waals surface area contributed by atoms with Crippen LogP contribution in [0.4, 0.5) is 0 Å². The zero-order valence-electron chi connectivity index (χ0n) is 11.8. The molecule has 0 saturated heterocycles. The first-order chi connectivity index (χ1) is 7.69. The maximum Gasteiger partial charge on any atom is 0.0456 e. The van der Waals surface area contributed by atoms with E-state index in [1.165, 1.54) is 22.4 Å². The summed E-state index contributed by atoms with van der Waals surface area (Å²) in [7, 11) is 0. The number of rotatable bonds is 0. The second-order valence-electron chi connectivity index (χ2n) is 6.96. The van der Waals surface area contributed by atoms with Gasteiger partial charge in [0.2, 0.25) is 0 Å². The van der Waals surface area contributed by atoms with E-state index >= 15 is 0 Å². The Hall–Kier alpha value is -1.24. The Labute approximate surface area is 105 Å². The third kappa shape index (κ3) is 2.24. The molecule has 1 heteroatoms. The number of hydrogen-bond acceptors (Lipinski definition) is 0. The SMILES string of the molecule is CC(C)(C)c1c[nH]c2ccc(C(C)(C)C)c-2c1. The first kappa shape index (κ1) is 12.2. The van der Waals surface area contributed by atoms with Crippen LogP contribution < -0.4 is 0 Å². The highest BCUT2D eigenvalue weighted by Gasteiger charge is 2.23. The Morgan fingerprint density at radius 1 is 0.882 bits per heavy atom. The van der Waals surface area contributed by atoms with Gasteiger partial charge in [0, 0.05) is 17.5 Å². The summed E-state index contributed by atoms with van der Waals surface area (Å²) in [5.74, 6) is 0. The highest BCUT2D eigenvalue weighted by molar-refractivity contribution is 5.70. The second-order valence-corrected chi connectivity index (χ2v) is 6.96. The van der Waals surface area contributed by atoms with Crippen molar-refractivity contribution in [2.45, 2.75) is 52.4 Å². The Morgan fingerprint density at radius 2 is 1.53 bits per heavy atom. The minimum absolute atomic E-state index is 0.192. The quantitative estimate of drug-likeness (QED) is 0.673. The fourth-order valence-electron chi connectivity index (χ4n) is 2.21. The number of aromatic amines is 1. The van der Waals surface area contributed by atoms with E-state index in [2.05, 4.69) is 70.9 Å². The predicted molar refractivity (Wildman–Crippen MR) is 74.8 cm³/mol. The van der Waals surface area contributed by atoms with E-state index < -0.39 is 0 Å². The molecular formula is C16H23N. The van der Waals surface area contributed by atoms with Gasteiger partial charge in [-0.2, -0.15) is 0 Å². The summed E-state index contributed by atoms with van der Waals surface area (Å²) in [6, 6.07) is 6.77. The van der Waals surface area contributed by atoms with E-state index in [9.17, 15) is 0 Å². The van der Waals surface area contributed by atoms with Gasteiger partial charge in [-0.3, -0.25) is 0 Å². The Morgan fingerprint density at radius 3 is 2.06 bits per heavy atom. The Kier molecular flexibility index (Phi) is 2.61. The van der Waals surface area contributed by atoms with Crippen LogP contribution in [-0.2, 0) is 10.8 Å². The van der Waals surface area contributed by atoms with Crippen molar-refractivity contribution >= 4 is 0 Å².